The Bertz CT molecular complexity index is 536. The molecule has 1 aliphatic rings. The largest absolute Gasteiger partial charge is 0.394 e. The molecule has 1 saturated heterocycles. The molecule has 1 fully saturated rings. The highest BCUT2D eigenvalue weighted by Crippen LogP contribution is 2.27. The molecule has 100 valence electrons. The van der Waals surface area contributed by atoms with Gasteiger partial charge in [-0.3, -0.25) is 14.3 Å². The molecule has 0 amide bonds. The Kier molecular flexibility index (Phi) is 3.62. The van der Waals surface area contributed by atoms with Crippen molar-refractivity contribution in [3.8, 4) is 0 Å². The Hall–Kier alpha value is -1.48. The van der Waals surface area contributed by atoms with Gasteiger partial charge in [0.05, 0.1) is 24.9 Å². The van der Waals surface area contributed by atoms with Gasteiger partial charge in [0.15, 0.2) is 0 Å². The van der Waals surface area contributed by atoms with E-state index in [1.807, 2.05) is 0 Å². The van der Waals surface area contributed by atoms with Crippen LogP contribution in [-0.4, -0.2) is 43.7 Å². The van der Waals surface area contributed by atoms with Crippen molar-refractivity contribution >= 4 is 0 Å². The summed E-state index contributed by atoms with van der Waals surface area (Å²) in [6.45, 7) is -0.864. The molecule has 1 aliphatic heterocycles. The van der Waals surface area contributed by atoms with Gasteiger partial charge >= 0.3 is 5.69 Å². The Morgan fingerprint density at radius 3 is 2.72 bits per heavy atom. The summed E-state index contributed by atoms with van der Waals surface area (Å²) in [6, 6.07) is 0. The Labute approximate surface area is 101 Å². The second-order valence-corrected chi connectivity index (χ2v) is 4.09. The van der Waals surface area contributed by atoms with Crippen LogP contribution in [0.2, 0.25) is 0 Å². The van der Waals surface area contributed by atoms with Gasteiger partial charge in [0.25, 0.3) is 5.56 Å². The van der Waals surface area contributed by atoms with E-state index in [1.54, 1.807) is 0 Å². The molecular formula is C10H14N2O6. The van der Waals surface area contributed by atoms with Crippen molar-refractivity contribution in [1.29, 1.82) is 0 Å². The molecule has 1 aromatic heterocycles. The lowest BCUT2D eigenvalue weighted by atomic mass is 10.2. The van der Waals surface area contributed by atoms with Crippen LogP contribution in [0.25, 0.3) is 0 Å². The molecule has 0 spiro atoms. The van der Waals surface area contributed by atoms with Crippen LogP contribution in [0, 0.1) is 0 Å². The summed E-state index contributed by atoms with van der Waals surface area (Å²) in [4.78, 5) is 24.9. The zero-order valence-corrected chi connectivity index (χ0v) is 9.44. The van der Waals surface area contributed by atoms with E-state index < -0.39 is 36.3 Å². The first kappa shape index (κ1) is 13.0. The number of aromatic nitrogens is 2. The van der Waals surface area contributed by atoms with Crippen LogP contribution in [-0.2, 0) is 11.3 Å². The van der Waals surface area contributed by atoms with Gasteiger partial charge < -0.3 is 20.1 Å². The van der Waals surface area contributed by atoms with Crippen LogP contribution in [0.4, 0.5) is 0 Å². The van der Waals surface area contributed by atoms with Crippen molar-refractivity contribution in [3.63, 3.8) is 0 Å². The fourth-order valence-electron chi connectivity index (χ4n) is 1.90. The Morgan fingerprint density at radius 1 is 1.44 bits per heavy atom. The van der Waals surface area contributed by atoms with Gasteiger partial charge in [-0.25, -0.2) is 4.79 Å². The van der Waals surface area contributed by atoms with E-state index >= 15 is 0 Å². The fraction of sp³-hybridized carbons (Fsp3) is 0.600. The monoisotopic (exact) mass is 258 g/mol. The molecule has 0 unspecified atom stereocenters. The lowest BCUT2D eigenvalue weighted by Gasteiger charge is -2.14. The van der Waals surface area contributed by atoms with Crippen LogP contribution < -0.4 is 11.2 Å². The van der Waals surface area contributed by atoms with E-state index in [9.17, 15) is 14.7 Å². The van der Waals surface area contributed by atoms with Gasteiger partial charge in [-0.1, -0.05) is 0 Å². The molecule has 0 aromatic carbocycles. The van der Waals surface area contributed by atoms with Crippen molar-refractivity contribution in [3.05, 3.63) is 32.6 Å². The molecule has 8 heteroatoms. The van der Waals surface area contributed by atoms with Crippen LogP contribution in [0.1, 0.15) is 18.2 Å². The maximum Gasteiger partial charge on any atom is 0.330 e. The lowest BCUT2D eigenvalue weighted by molar-refractivity contribution is -0.0460. The van der Waals surface area contributed by atoms with Gasteiger partial charge in [-0.2, -0.15) is 0 Å². The molecule has 0 saturated carbocycles. The summed E-state index contributed by atoms with van der Waals surface area (Å²) < 4.78 is 6.38. The number of rotatable bonds is 3. The minimum atomic E-state index is -0.878. The highest BCUT2D eigenvalue weighted by atomic mass is 16.5. The van der Waals surface area contributed by atoms with Gasteiger partial charge in [0.2, 0.25) is 0 Å². The predicted molar refractivity (Wildman–Crippen MR) is 58.9 cm³/mol. The van der Waals surface area contributed by atoms with Gasteiger partial charge in [-0.15, -0.1) is 0 Å². The Morgan fingerprint density at radius 2 is 2.17 bits per heavy atom. The predicted octanol–water partition coefficient (Wildman–Crippen LogP) is -2.33. The zero-order valence-electron chi connectivity index (χ0n) is 9.44. The van der Waals surface area contributed by atoms with E-state index in [-0.39, 0.29) is 18.6 Å². The van der Waals surface area contributed by atoms with E-state index in [0.29, 0.717) is 0 Å². The summed E-state index contributed by atoms with van der Waals surface area (Å²) in [6.07, 6.45) is -1.09. The second-order valence-electron chi connectivity index (χ2n) is 4.09. The van der Waals surface area contributed by atoms with Crippen molar-refractivity contribution in [1.82, 2.24) is 9.55 Å². The number of aliphatic hydroxyl groups excluding tert-OH is 3. The number of aliphatic hydroxyl groups is 3. The average molecular weight is 258 g/mol. The quantitative estimate of drug-likeness (QED) is 0.482. The number of ether oxygens (including phenoxy) is 1. The highest BCUT2D eigenvalue weighted by molar-refractivity contribution is 5.03. The minimum Gasteiger partial charge on any atom is -0.394 e. The molecule has 4 N–H and O–H groups in total. The van der Waals surface area contributed by atoms with Crippen LogP contribution in [0.15, 0.2) is 15.8 Å². The maximum absolute atomic E-state index is 11.6. The maximum atomic E-state index is 11.6. The van der Waals surface area contributed by atoms with E-state index in [2.05, 4.69) is 4.98 Å². The minimum absolute atomic E-state index is 0.0279. The van der Waals surface area contributed by atoms with Gasteiger partial charge in [0.1, 0.15) is 12.3 Å². The molecular weight excluding hydrogens is 244 g/mol. The SMILES string of the molecule is O=c1[nH]c(=O)n([C@@H]2C[C@H](O)[C@H](CO)O2)cc1CO. The molecule has 1 aromatic rings. The van der Waals surface area contributed by atoms with Crippen molar-refractivity contribution in [2.24, 2.45) is 0 Å². The average Bonchev–Trinajstić information content (AvgIpc) is 2.70. The Balaban J connectivity index is 2.35. The van der Waals surface area contributed by atoms with E-state index in [1.165, 1.54) is 6.20 Å². The summed E-state index contributed by atoms with van der Waals surface area (Å²) in [5, 5.41) is 27.5. The molecule has 2 rings (SSSR count). The molecule has 2 heterocycles. The summed E-state index contributed by atoms with van der Waals surface area (Å²) in [5.74, 6) is 0. The molecule has 8 nitrogen and oxygen atoms in total. The van der Waals surface area contributed by atoms with Crippen molar-refractivity contribution in [2.75, 3.05) is 6.61 Å². The van der Waals surface area contributed by atoms with Crippen LogP contribution >= 0.6 is 0 Å². The fourth-order valence-corrected chi connectivity index (χ4v) is 1.90. The van der Waals surface area contributed by atoms with Crippen LogP contribution in [0.3, 0.4) is 0 Å². The normalized spacial score (nSPS) is 27.6. The third kappa shape index (κ3) is 2.23. The first-order valence-electron chi connectivity index (χ1n) is 5.46. The van der Waals surface area contributed by atoms with Crippen molar-refractivity contribution in [2.45, 2.75) is 31.5 Å². The molecule has 3 atom stereocenters. The first-order chi connectivity index (χ1) is 8.56. The standard InChI is InChI=1S/C10H14N2O6/c13-3-5-2-12(10(17)11-9(5)16)8-1-6(15)7(4-14)18-8/h2,6-8,13-15H,1,3-4H2,(H,11,16,17)/t6-,7-,8-/m0/s1. The summed E-state index contributed by atoms with van der Waals surface area (Å²) in [7, 11) is 0. The number of aromatic amines is 1. The molecule has 0 bridgehead atoms. The van der Waals surface area contributed by atoms with E-state index in [4.69, 9.17) is 14.9 Å². The van der Waals surface area contributed by atoms with E-state index in [0.717, 1.165) is 4.57 Å². The number of nitrogens with zero attached hydrogens (tertiary/aromatic N) is 1. The van der Waals surface area contributed by atoms with Crippen LogP contribution in [0.5, 0.6) is 0 Å². The number of hydrogen-bond donors (Lipinski definition) is 4. The smallest absolute Gasteiger partial charge is 0.330 e. The second kappa shape index (κ2) is 5.02. The summed E-state index contributed by atoms with van der Waals surface area (Å²) >= 11 is 0. The highest BCUT2D eigenvalue weighted by Gasteiger charge is 2.35. The number of nitrogens with one attached hydrogen (secondary N) is 1. The van der Waals surface area contributed by atoms with Gasteiger partial charge in [-0.05, 0) is 0 Å². The van der Waals surface area contributed by atoms with Gasteiger partial charge in [0, 0.05) is 12.6 Å². The third-order valence-electron chi connectivity index (χ3n) is 2.91. The number of hydrogen-bond acceptors (Lipinski definition) is 6. The topological polar surface area (TPSA) is 125 Å². The molecule has 18 heavy (non-hydrogen) atoms. The number of H-pyrrole nitrogens is 1. The summed E-state index contributed by atoms with van der Waals surface area (Å²) in [5.41, 5.74) is -1.32. The lowest BCUT2D eigenvalue weighted by Crippen LogP contribution is -2.34. The zero-order chi connectivity index (χ0) is 13.3. The first-order valence-corrected chi connectivity index (χ1v) is 5.46. The molecule has 0 radical (unpaired) electrons. The molecule has 0 aliphatic carbocycles. The van der Waals surface area contributed by atoms with Crippen molar-refractivity contribution < 1.29 is 20.1 Å². The third-order valence-corrected chi connectivity index (χ3v) is 2.91.